The van der Waals surface area contributed by atoms with Gasteiger partial charge in [0.15, 0.2) is 0 Å². The summed E-state index contributed by atoms with van der Waals surface area (Å²) in [7, 11) is 3.72. The summed E-state index contributed by atoms with van der Waals surface area (Å²) in [6.45, 7) is 6.85. The van der Waals surface area contributed by atoms with E-state index in [-0.39, 0.29) is 35.9 Å². The van der Waals surface area contributed by atoms with Gasteiger partial charge in [0.25, 0.3) is 11.8 Å². The molecule has 0 saturated carbocycles. The molecule has 2 atom stereocenters. The first-order valence-corrected chi connectivity index (χ1v) is 21.4. The van der Waals surface area contributed by atoms with E-state index in [0.717, 1.165) is 70.8 Å². The highest BCUT2D eigenvalue weighted by Gasteiger charge is 2.33. The molecule has 1 unspecified atom stereocenters. The van der Waals surface area contributed by atoms with E-state index < -0.39 is 0 Å². The Morgan fingerprint density at radius 2 is 1.65 bits per heavy atom. The van der Waals surface area contributed by atoms with E-state index in [1.807, 2.05) is 76.9 Å². The van der Waals surface area contributed by atoms with Gasteiger partial charge in [-0.1, -0.05) is 36.4 Å². The Hall–Kier alpha value is -6.66. The molecule has 0 spiro atoms. The van der Waals surface area contributed by atoms with Crippen LogP contribution in [0.1, 0.15) is 74.0 Å². The largest absolute Gasteiger partial charge is 0.508 e. The quantitative estimate of drug-likeness (QED) is 0.142. The normalized spacial score (nSPS) is 16.9. The molecule has 12 nitrogen and oxygen atoms in total. The second kappa shape index (κ2) is 17.0. The molecule has 0 radical (unpaired) electrons. The van der Waals surface area contributed by atoms with Crippen molar-refractivity contribution < 1.29 is 29.0 Å². The van der Waals surface area contributed by atoms with Crippen molar-refractivity contribution >= 4 is 29.1 Å². The SMILES string of the molecule is Cc1c(C(=O)N(c2ccc(O)cc2)c2cnn(C)c2)cc(-c2cc3c(cc2C(=O)N2Cc4ccccc4C[C@H]2C)CN(C(=O)Cc2ccc(OCCC4CCO4)cc2)CC3)n1C. The lowest BCUT2D eigenvalue weighted by Crippen LogP contribution is -2.43. The van der Waals surface area contributed by atoms with E-state index in [4.69, 9.17) is 9.47 Å². The van der Waals surface area contributed by atoms with Gasteiger partial charge in [-0.05, 0) is 116 Å². The Labute approximate surface area is 361 Å². The molecular weight excluding hydrogens is 781 g/mol. The molecule has 1 N–H and O–H groups in total. The number of anilines is 2. The first-order valence-electron chi connectivity index (χ1n) is 21.4. The number of phenols is 1. The number of rotatable bonds is 11. The van der Waals surface area contributed by atoms with E-state index in [1.54, 1.807) is 53.3 Å². The van der Waals surface area contributed by atoms with Crippen LogP contribution in [-0.4, -0.2) is 78.9 Å². The highest BCUT2D eigenvalue weighted by molar-refractivity contribution is 6.12. The van der Waals surface area contributed by atoms with Crippen molar-refractivity contribution in [3.63, 3.8) is 0 Å². The third-order valence-corrected chi connectivity index (χ3v) is 12.8. The first-order chi connectivity index (χ1) is 30.0. The standard InChI is InChI=1S/C50H52N6O6/c1-32-23-35-7-5-6-8-37(35)30-55(32)49(59)46-26-38-29-54(48(58)24-34-9-15-42(16-10-34)61-21-18-43-19-22-62-43)20-17-36(38)25-45(46)47-27-44(33(2)53(47)4)50(60)56(40-28-51-52(3)31-40)39-11-13-41(57)14-12-39/h5-16,25-28,31-32,43,57H,17-24,29-30H2,1-4H3/t32-,43?/m1/s1. The number of nitrogens with zero attached hydrogens (tertiary/aromatic N) is 6. The number of ether oxygens (including phenoxy) is 2. The van der Waals surface area contributed by atoms with Crippen molar-refractivity contribution in [2.24, 2.45) is 14.1 Å². The molecular formula is C50H52N6O6. The van der Waals surface area contributed by atoms with Gasteiger partial charge in [-0.3, -0.25) is 24.0 Å². The van der Waals surface area contributed by atoms with Crippen LogP contribution in [0.15, 0.2) is 103 Å². The van der Waals surface area contributed by atoms with Gasteiger partial charge < -0.3 is 28.9 Å². The van der Waals surface area contributed by atoms with Gasteiger partial charge in [-0.25, -0.2) is 0 Å². The Morgan fingerprint density at radius 1 is 0.887 bits per heavy atom. The number of aromatic nitrogens is 3. The lowest BCUT2D eigenvalue weighted by atomic mass is 9.89. The Morgan fingerprint density at radius 3 is 2.35 bits per heavy atom. The smallest absolute Gasteiger partial charge is 0.264 e. The fraction of sp³-hybridized carbons (Fsp3) is 0.320. The van der Waals surface area contributed by atoms with Crippen molar-refractivity contribution in [3.05, 3.63) is 148 Å². The van der Waals surface area contributed by atoms with Crippen LogP contribution in [0.4, 0.5) is 11.4 Å². The first kappa shape index (κ1) is 40.7. The Kier molecular flexibility index (Phi) is 11.2. The minimum absolute atomic E-state index is 0.0256. The third-order valence-electron chi connectivity index (χ3n) is 12.8. The molecule has 4 aromatic carbocycles. The van der Waals surface area contributed by atoms with E-state index in [9.17, 15) is 14.7 Å². The molecule has 2 aromatic heterocycles. The molecule has 3 amide bonds. The summed E-state index contributed by atoms with van der Waals surface area (Å²) in [5, 5.41) is 14.4. The second-order valence-electron chi connectivity index (χ2n) is 16.8. The number of phenolic OH excluding ortho intramolecular Hbond substituents is 1. The predicted octanol–water partition coefficient (Wildman–Crippen LogP) is 7.69. The minimum Gasteiger partial charge on any atom is -0.508 e. The summed E-state index contributed by atoms with van der Waals surface area (Å²) in [4.78, 5) is 49.1. The third kappa shape index (κ3) is 8.10. The topological polar surface area (TPSA) is 122 Å². The zero-order valence-corrected chi connectivity index (χ0v) is 35.7. The van der Waals surface area contributed by atoms with Crippen molar-refractivity contribution in [3.8, 4) is 22.8 Å². The summed E-state index contributed by atoms with van der Waals surface area (Å²) >= 11 is 0. The number of benzene rings is 4. The summed E-state index contributed by atoms with van der Waals surface area (Å²) in [6.07, 6.45) is 7.30. The monoisotopic (exact) mass is 832 g/mol. The van der Waals surface area contributed by atoms with E-state index in [2.05, 4.69) is 30.2 Å². The molecule has 1 saturated heterocycles. The van der Waals surface area contributed by atoms with Crippen LogP contribution in [0.5, 0.6) is 11.5 Å². The summed E-state index contributed by atoms with van der Waals surface area (Å²) in [6, 6.07) is 28.5. The van der Waals surface area contributed by atoms with Gasteiger partial charge in [-0.2, -0.15) is 5.10 Å². The highest BCUT2D eigenvalue weighted by Crippen LogP contribution is 2.37. The van der Waals surface area contributed by atoms with E-state index >= 15 is 4.79 Å². The fourth-order valence-corrected chi connectivity index (χ4v) is 8.93. The average Bonchev–Trinajstić information content (AvgIpc) is 3.82. The number of hydrogen-bond acceptors (Lipinski definition) is 7. The maximum absolute atomic E-state index is 15.1. The molecule has 0 bridgehead atoms. The van der Waals surface area contributed by atoms with Gasteiger partial charge >= 0.3 is 0 Å². The summed E-state index contributed by atoms with van der Waals surface area (Å²) in [5.41, 5.74) is 9.66. The van der Waals surface area contributed by atoms with Gasteiger partial charge in [0.05, 0.1) is 36.6 Å². The number of hydrogen-bond donors (Lipinski definition) is 1. The Balaban J connectivity index is 1.03. The molecule has 62 heavy (non-hydrogen) atoms. The lowest BCUT2D eigenvalue weighted by molar-refractivity contribution is -0.131. The molecule has 0 aliphatic carbocycles. The van der Waals surface area contributed by atoms with E-state index in [1.165, 1.54) is 5.56 Å². The second-order valence-corrected chi connectivity index (χ2v) is 16.8. The van der Waals surface area contributed by atoms with Crippen LogP contribution in [-0.2, 0) is 56.0 Å². The van der Waals surface area contributed by atoms with Gasteiger partial charge in [0.1, 0.15) is 11.5 Å². The molecule has 5 heterocycles. The van der Waals surface area contributed by atoms with Crippen molar-refractivity contribution in [1.29, 1.82) is 0 Å². The van der Waals surface area contributed by atoms with Crippen molar-refractivity contribution in [2.75, 3.05) is 24.7 Å². The van der Waals surface area contributed by atoms with Crippen LogP contribution >= 0.6 is 0 Å². The lowest BCUT2D eigenvalue weighted by Gasteiger charge is -2.36. The number of carbonyl (C=O) groups is 3. The highest BCUT2D eigenvalue weighted by atomic mass is 16.5. The van der Waals surface area contributed by atoms with Crippen molar-refractivity contribution in [2.45, 2.75) is 71.2 Å². The maximum atomic E-state index is 15.1. The van der Waals surface area contributed by atoms with Crippen LogP contribution in [0.2, 0.25) is 0 Å². The summed E-state index contributed by atoms with van der Waals surface area (Å²) in [5.74, 6) is 0.530. The molecule has 3 aliphatic rings. The van der Waals surface area contributed by atoms with Crippen LogP contribution in [0.25, 0.3) is 11.3 Å². The molecule has 318 valence electrons. The summed E-state index contributed by atoms with van der Waals surface area (Å²) < 4.78 is 15.0. The Bertz CT molecular complexity index is 2640. The van der Waals surface area contributed by atoms with Gasteiger partial charge in [-0.15, -0.1) is 0 Å². The molecule has 1 fully saturated rings. The van der Waals surface area contributed by atoms with Gasteiger partial charge in [0, 0.05) is 87.2 Å². The van der Waals surface area contributed by atoms with Crippen LogP contribution < -0.4 is 9.64 Å². The van der Waals surface area contributed by atoms with Gasteiger partial charge in [0.2, 0.25) is 5.91 Å². The molecule has 6 aromatic rings. The fourth-order valence-electron chi connectivity index (χ4n) is 8.93. The number of carbonyl (C=O) groups excluding carboxylic acids is 3. The van der Waals surface area contributed by atoms with Crippen LogP contribution in [0, 0.1) is 6.92 Å². The zero-order valence-electron chi connectivity index (χ0n) is 35.7. The molecule has 12 heteroatoms. The van der Waals surface area contributed by atoms with Crippen molar-refractivity contribution in [1.82, 2.24) is 24.1 Å². The number of fused-ring (bicyclic) bond motifs is 2. The molecule has 9 rings (SSSR count). The average molecular weight is 833 g/mol. The maximum Gasteiger partial charge on any atom is 0.264 e. The number of aryl methyl sites for hydroxylation is 1. The van der Waals surface area contributed by atoms with E-state index in [0.29, 0.717) is 61.3 Å². The number of aromatic hydroxyl groups is 1. The minimum atomic E-state index is -0.273. The molecule has 3 aliphatic heterocycles. The van der Waals surface area contributed by atoms with Crippen LogP contribution in [0.3, 0.4) is 0 Å². The number of amides is 3. The predicted molar refractivity (Wildman–Crippen MR) is 237 cm³/mol. The zero-order chi connectivity index (χ0) is 43.1.